The van der Waals surface area contributed by atoms with Crippen LogP contribution in [-0.2, 0) is 0 Å². The fourth-order valence-corrected chi connectivity index (χ4v) is 1.97. The highest BCUT2D eigenvalue weighted by Crippen LogP contribution is 2.26. The van der Waals surface area contributed by atoms with Crippen LogP contribution in [-0.4, -0.2) is 6.54 Å². The number of halogens is 1. The van der Waals surface area contributed by atoms with Gasteiger partial charge in [-0.05, 0) is 25.0 Å². The summed E-state index contributed by atoms with van der Waals surface area (Å²) in [5.41, 5.74) is 2.38. The van der Waals surface area contributed by atoms with Crippen LogP contribution in [0.1, 0.15) is 50.5 Å². The summed E-state index contributed by atoms with van der Waals surface area (Å²) in [7, 11) is 0. The maximum absolute atomic E-state index is 6.13. The Labute approximate surface area is 104 Å². The second-order valence-electron chi connectivity index (χ2n) is 4.19. The number of unbranched alkanes of at least 4 members (excludes halogenated alkanes) is 3. The Balaban J connectivity index is 2.41. The third-order valence-electron chi connectivity index (χ3n) is 2.74. The number of para-hydroxylation sites is 1. The van der Waals surface area contributed by atoms with Crippen molar-refractivity contribution in [2.45, 2.75) is 44.9 Å². The molecule has 1 aromatic rings. The van der Waals surface area contributed by atoms with Crippen molar-refractivity contribution in [1.29, 1.82) is 0 Å². The summed E-state index contributed by atoms with van der Waals surface area (Å²) >= 11 is 6.13. The molecule has 0 saturated heterocycles. The first kappa shape index (κ1) is 13.4. The van der Waals surface area contributed by atoms with Gasteiger partial charge in [-0.2, -0.15) is 0 Å². The largest absolute Gasteiger partial charge is 0.385 e. The minimum absolute atomic E-state index is 0.0688. The summed E-state index contributed by atoms with van der Waals surface area (Å²) in [5, 5.41) is 3.54. The summed E-state index contributed by atoms with van der Waals surface area (Å²) < 4.78 is 0. The summed E-state index contributed by atoms with van der Waals surface area (Å²) in [6, 6.07) is 8.29. The van der Waals surface area contributed by atoms with Gasteiger partial charge in [-0.3, -0.25) is 0 Å². The van der Waals surface area contributed by atoms with E-state index < -0.39 is 0 Å². The lowest BCUT2D eigenvalue weighted by Crippen LogP contribution is -2.04. The van der Waals surface area contributed by atoms with Crippen molar-refractivity contribution < 1.29 is 0 Å². The van der Waals surface area contributed by atoms with Gasteiger partial charge >= 0.3 is 0 Å². The first-order valence-corrected chi connectivity index (χ1v) is 6.66. The first-order valence-electron chi connectivity index (χ1n) is 6.22. The number of hydrogen-bond donors (Lipinski definition) is 1. The molecule has 1 aromatic carbocycles. The van der Waals surface area contributed by atoms with E-state index in [4.69, 9.17) is 11.6 Å². The maximum Gasteiger partial charge on any atom is 0.0577 e. The van der Waals surface area contributed by atoms with Gasteiger partial charge in [0.2, 0.25) is 0 Å². The molecule has 1 nitrogen and oxygen atoms in total. The molecule has 16 heavy (non-hydrogen) atoms. The molecule has 1 atom stereocenters. The van der Waals surface area contributed by atoms with Crippen LogP contribution in [0.4, 0.5) is 5.69 Å². The quantitative estimate of drug-likeness (QED) is 0.523. The molecule has 90 valence electrons. The molecule has 0 heterocycles. The van der Waals surface area contributed by atoms with E-state index in [-0.39, 0.29) is 5.38 Å². The molecule has 0 aliphatic heterocycles. The molecule has 0 bridgehead atoms. The minimum atomic E-state index is 0.0688. The van der Waals surface area contributed by atoms with Crippen LogP contribution >= 0.6 is 11.6 Å². The monoisotopic (exact) mass is 239 g/mol. The van der Waals surface area contributed by atoms with Crippen molar-refractivity contribution >= 4 is 17.3 Å². The molecular formula is C14H22ClN. The van der Waals surface area contributed by atoms with Crippen molar-refractivity contribution in [1.82, 2.24) is 0 Å². The number of hydrogen-bond acceptors (Lipinski definition) is 1. The normalized spacial score (nSPS) is 12.4. The number of nitrogens with one attached hydrogen (secondary N) is 1. The third-order valence-corrected chi connectivity index (χ3v) is 2.97. The van der Waals surface area contributed by atoms with Crippen LogP contribution in [0.3, 0.4) is 0 Å². The van der Waals surface area contributed by atoms with Crippen LogP contribution in [0.25, 0.3) is 0 Å². The van der Waals surface area contributed by atoms with Crippen molar-refractivity contribution in [2.24, 2.45) is 0 Å². The lowest BCUT2D eigenvalue weighted by Gasteiger charge is -2.13. The summed E-state index contributed by atoms with van der Waals surface area (Å²) in [6.45, 7) is 5.29. The van der Waals surface area contributed by atoms with E-state index in [1.807, 2.05) is 13.0 Å². The molecule has 0 spiro atoms. The predicted molar refractivity (Wildman–Crippen MR) is 73.3 cm³/mol. The standard InChI is InChI=1S/C14H22ClN/c1-3-4-5-8-11-16-14-10-7-6-9-13(14)12(2)15/h6-7,9-10,12,16H,3-5,8,11H2,1-2H3. The molecule has 0 aliphatic rings. The van der Waals surface area contributed by atoms with Crippen LogP contribution in [0, 0.1) is 0 Å². The lowest BCUT2D eigenvalue weighted by atomic mass is 10.1. The van der Waals surface area contributed by atoms with Crippen LogP contribution in [0.2, 0.25) is 0 Å². The Hall–Kier alpha value is -0.690. The summed E-state index contributed by atoms with van der Waals surface area (Å²) in [4.78, 5) is 0. The zero-order chi connectivity index (χ0) is 11.8. The van der Waals surface area contributed by atoms with Crippen molar-refractivity contribution in [2.75, 3.05) is 11.9 Å². The third kappa shape index (κ3) is 4.44. The Bertz CT molecular complexity index is 297. The maximum atomic E-state index is 6.13. The highest BCUT2D eigenvalue weighted by Gasteiger charge is 2.05. The van der Waals surface area contributed by atoms with E-state index in [0.717, 1.165) is 6.54 Å². The molecule has 0 aliphatic carbocycles. The number of anilines is 1. The van der Waals surface area contributed by atoms with Gasteiger partial charge in [0.1, 0.15) is 0 Å². The van der Waals surface area contributed by atoms with Crippen molar-refractivity contribution in [3.05, 3.63) is 29.8 Å². The zero-order valence-electron chi connectivity index (χ0n) is 10.3. The molecule has 0 radical (unpaired) electrons. The van der Waals surface area contributed by atoms with Crippen molar-refractivity contribution in [3.63, 3.8) is 0 Å². The fraction of sp³-hybridized carbons (Fsp3) is 0.571. The summed E-state index contributed by atoms with van der Waals surface area (Å²) in [5.74, 6) is 0. The Morgan fingerprint density at radius 3 is 2.62 bits per heavy atom. The average molecular weight is 240 g/mol. The van der Waals surface area contributed by atoms with E-state index in [1.165, 1.54) is 36.9 Å². The second kappa shape index (κ2) is 7.56. The van der Waals surface area contributed by atoms with Crippen LogP contribution < -0.4 is 5.32 Å². The number of rotatable bonds is 7. The molecule has 0 saturated carbocycles. The first-order chi connectivity index (χ1) is 7.75. The van der Waals surface area contributed by atoms with E-state index in [2.05, 4.69) is 30.4 Å². The smallest absolute Gasteiger partial charge is 0.0577 e. The van der Waals surface area contributed by atoms with Gasteiger partial charge in [-0.1, -0.05) is 44.4 Å². The molecule has 0 aromatic heterocycles. The molecule has 2 heteroatoms. The Morgan fingerprint density at radius 1 is 1.19 bits per heavy atom. The van der Waals surface area contributed by atoms with Gasteiger partial charge in [0, 0.05) is 12.2 Å². The molecule has 1 N–H and O–H groups in total. The SMILES string of the molecule is CCCCCCNc1ccccc1C(C)Cl. The van der Waals surface area contributed by atoms with Gasteiger partial charge in [0.25, 0.3) is 0 Å². The van der Waals surface area contributed by atoms with Crippen LogP contribution in [0.15, 0.2) is 24.3 Å². The van der Waals surface area contributed by atoms with Crippen molar-refractivity contribution in [3.8, 4) is 0 Å². The molecule has 1 unspecified atom stereocenters. The van der Waals surface area contributed by atoms with Gasteiger partial charge in [-0.15, -0.1) is 11.6 Å². The fourth-order valence-electron chi connectivity index (χ4n) is 1.78. The molecular weight excluding hydrogens is 218 g/mol. The molecule has 1 rings (SSSR count). The highest BCUT2D eigenvalue weighted by atomic mass is 35.5. The average Bonchev–Trinajstić information content (AvgIpc) is 2.29. The number of benzene rings is 1. The second-order valence-corrected chi connectivity index (χ2v) is 4.85. The van der Waals surface area contributed by atoms with E-state index in [9.17, 15) is 0 Å². The molecule has 0 fully saturated rings. The highest BCUT2D eigenvalue weighted by molar-refractivity contribution is 6.21. The number of alkyl halides is 1. The minimum Gasteiger partial charge on any atom is -0.385 e. The van der Waals surface area contributed by atoms with Gasteiger partial charge in [-0.25, -0.2) is 0 Å². The lowest BCUT2D eigenvalue weighted by molar-refractivity contribution is 0.685. The van der Waals surface area contributed by atoms with E-state index in [0.29, 0.717) is 0 Å². The van der Waals surface area contributed by atoms with Gasteiger partial charge in [0.05, 0.1) is 5.38 Å². The Kier molecular flexibility index (Phi) is 6.32. The zero-order valence-corrected chi connectivity index (χ0v) is 11.1. The van der Waals surface area contributed by atoms with Gasteiger partial charge < -0.3 is 5.32 Å². The Morgan fingerprint density at radius 2 is 1.94 bits per heavy atom. The summed E-state index contributed by atoms with van der Waals surface area (Å²) in [6.07, 6.45) is 5.16. The molecule has 0 amide bonds. The van der Waals surface area contributed by atoms with Crippen LogP contribution in [0.5, 0.6) is 0 Å². The topological polar surface area (TPSA) is 12.0 Å². The van der Waals surface area contributed by atoms with E-state index >= 15 is 0 Å². The predicted octanol–water partition coefficient (Wildman–Crippen LogP) is 4.98. The van der Waals surface area contributed by atoms with Gasteiger partial charge in [0.15, 0.2) is 0 Å². The van der Waals surface area contributed by atoms with E-state index in [1.54, 1.807) is 0 Å².